The summed E-state index contributed by atoms with van der Waals surface area (Å²) in [4.78, 5) is 39.6. The van der Waals surface area contributed by atoms with Gasteiger partial charge in [0.25, 0.3) is 11.5 Å². The summed E-state index contributed by atoms with van der Waals surface area (Å²) in [6.07, 6.45) is 1.12. The topological polar surface area (TPSA) is 115 Å². The second-order valence-electron chi connectivity index (χ2n) is 5.87. The van der Waals surface area contributed by atoms with Crippen LogP contribution in [0.2, 0.25) is 0 Å². The largest absolute Gasteiger partial charge is 0.454 e. The summed E-state index contributed by atoms with van der Waals surface area (Å²) in [5, 5.41) is 3.13. The summed E-state index contributed by atoms with van der Waals surface area (Å²) in [6.45, 7) is 1.92. The number of nitrogens with zero attached hydrogens (tertiary/aromatic N) is 2. The predicted octanol–water partition coefficient (Wildman–Crippen LogP) is 1.33. The normalized spacial score (nSPS) is 12.2. The van der Waals surface area contributed by atoms with E-state index in [9.17, 15) is 14.4 Å². The van der Waals surface area contributed by atoms with Gasteiger partial charge in [0.15, 0.2) is 11.5 Å². The molecule has 10 heteroatoms. The Balaban J connectivity index is 1.63. The Hall–Kier alpha value is -3.40. The van der Waals surface area contributed by atoms with Crippen molar-refractivity contribution in [3.05, 3.63) is 68.1 Å². The highest BCUT2D eigenvalue weighted by molar-refractivity contribution is 7.10. The molecule has 0 atom stereocenters. The Labute approximate surface area is 156 Å². The number of H-pyrrole nitrogens is 1. The number of fused-ring (bicyclic) bond motifs is 1. The molecular weight excluding hydrogens is 372 g/mol. The lowest BCUT2D eigenvalue weighted by Crippen LogP contribution is -2.39. The van der Waals surface area contributed by atoms with Crippen molar-refractivity contribution >= 4 is 22.4 Å². The molecule has 0 fully saturated rings. The number of nitrogens with one attached hydrogen (secondary N) is 2. The van der Waals surface area contributed by atoms with Crippen molar-refractivity contribution in [2.24, 2.45) is 0 Å². The van der Waals surface area contributed by atoms with Gasteiger partial charge in [0.2, 0.25) is 6.79 Å². The van der Waals surface area contributed by atoms with Gasteiger partial charge >= 0.3 is 5.69 Å². The van der Waals surface area contributed by atoms with Crippen molar-refractivity contribution in [3.8, 4) is 11.5 Å². The van der Waals surface area contributed by atoms with Crippen molar-refractivity contribution in [1.29, 1.82) is 0 Å². The van der Waals surface area contributed by atoms with Gasteiger partial charge in [-0.15, -0.1) is 0 Å². The van der Waals surface area contributed by atoms with Gasteiger partial charge in [-0.3, -0.25) is 14.2 Å². The first-order valence-electron chi connectivity index (χ1n) is 7.97. The molecule has 1 aliphatic heterocycles. The van der Waals surface area contributed by atoms with Gasteiger partial charge in [0, 0.05) is 6.20 Å². The number of amides is 1. The number of anilines is 1. The molecule has 1 aliphatic rings. The van der Waals surface area contributed by atoms with Crippen molar-refractivity contribution in [1.82, 2.24) is 13.9 Å². The van der Waals surface area contributed by atoms with E-state index in [1.165, 1.54) is 0 Å². The fourth-order valence-corrected chi connectivity index (χ4v) is 3.30. The van der Waals surface area contributed by atoms with E-state index in [0.29, 0.717) is 22.1 Å². The maximum absolute atomic E-state index is 12.7. The number of rotatable bonds is 4. The number of hydrogen-bond donors (Lipinski definition) is 2. The van der Waals surface area contributed by atoms with Gasteiger partial charge in [-0.2, -0.15) is 4.37 Å². The van der Waals surface area contributed by atoms with Gasteiger partial charge in [0.05, 0.1) is 12.2 Å². The number of ether oxygens (including phenoxy) is 2. The summed E-state index contributed by atoms with van der Waals surface area (Å²) in [5.74, 6) is 0.541. The number of hydrogen-bond acceptors (Lipinski definition) is 7. The average molecular weight is 386 g/mol. The Kier molecular flexibility index (Phi) is 4.24. The number of aromatic nitrogens is 3. The first-order chi connectivity index (χ1) is 13.0. The van der Waals surface area contributed by atoms with Crippen LogP contribution >= 0.6 is 11.5 Å². The third-order valence-corrected chi connectivity index (χ3v) is 4.74. The number of benzene rings is 1. The molecule has 1 amide bonds. The van der Waals surface area contributed by atoms with Gasteiger partial charge in [-0.1, -0.05) is 6.07 Å². The third-order valence-electron chi connectivity index (χ3n) is 3.95. The molecule has 0 unspecified atom stereocenters. The van der Waals surface area contributed by atoms with E-state index in [0.717, 1.165) is 28.0 Å². The molecule has 4 rings (SSSR count). The minimum atomic E-state index is -0.685. The van der Waals surface area contributed by atoms with E-state index in [4.69, 9.17) is 9.47 Å². The fourth-order valence-electron chi connectivity index (χ4n) is 2.64. The van der Waals surface area contributed by atoms with Crippen LogP contribution in [0.4, 0.5) is 5.00 Å². The molecule has 27 heavy (non-hydrogen) atoms. The molecule has 3 heterocycles. The zero-order valence-electron chi connectivity index (χ0n) is 14.1. The summed E-state index contributed by atoms with van der Waals surface area (Å²) >= 11 is 1.11. The number of carbonyl (C=O) groups excluding carboxylic acids is 1. The second kappa shape index (κ2) is 6.72. The molecular formula is C17H14N4O5S. The van der Waals surface area contributed by atoms with Crippen LogP contribution in [0, 0.1) is 6.92 Å². The first-order valence-corrected chi connectivity index (χ1v) is 8.74. The van der Waals surface area contributed by atoms with Crippen LogP contribution in [-0.2, 0) is 6.54 Å². The molecule has 0 saturated heterocycles. The standard InChI is InChI=1S/C17H14N4O5S/c1-9-4-14(27-20-9)19-15(22)11-6-18-17(24)21(16(11)23)7-10-2-3-12-13(5-10)26-8-25-12/h2-6H,7-8H2,1H3,(H,18,24)(H,19,22). The van der Waals surface area contributed by atoms with Crippen LogP contribution in [0.25, 0.3) is 0 Å². The van der Waals surface area contributed by atoms with Crippen LogP contribution < -0.4 is 26.0 Å². The minimum absolute atomic E-state index is 0.00834. The minimum Gasteiger partial charge on any atom is -0.454 e. The van der Waals surface area contributed by atoms with Gasteiger partial charge in [0.1, 0.15) is 10.6 Å². The molecule has 2 N–H and O–H groups in total. The Bertz CT molecular complexity index is 1150. The number of aryl methyl sites for hydroxylation is 1. The van der Waals surface area contributed by atoms with Crippen LogP contribution in [0.5, 0.6) is 11.5 Å². The Morgan fingerprint density at radius 3 is 2.89 bits per heavy atom. The zero-order valence-corrected chi connectivity index (χ0v) is 15.0. The lowest BCUT2D eigenvalue weighted by atomic mass is 10.2. The third kappa shape index (κ3) is 3.34. The molecule has 0 aliphatic carbocycles. The highest BCUT2D eigenvalue weighted by Crippen LogP contribution is 2.32. The lowest BCUT2D eigenvalue weighted by molar-refractivity contribution is 0.102. The monoisotopic (exact) mass is 386 g/mol. The average Bonchev–Trinajstić information content (AvgIpc) is 3.26. The van der Waals surface area contributed by atoms with E-state index in [1.807, 2.05) is 0 Å². The van der Waals surface area contributed by atoms with Crippen LogP contribution in [0.15, 0.2) is 40.1 Å². The zero-order chi connectivity index (χ0) is 19.0. The maximum Gasteiger partial charge on any atom is 0.328 e. The molecule has 138 valence electrons. The number of aromatic amines is 1. The predicted molar refractivity (Wildman–Crippen MR) is 97.8 cm³/mol. The smallest absolute Gasteiger partial charge is 0.328 e. The van der Waals surface area contributed by atoms with E-state index in [2.05, 4.69) is 14.7 Å². The van der Waals surface area contributed by atoms with Crippen molar-refractivity contribution < 1.29 is 14.3 Å². The maximum atomic E-state index is 12.7. The van der Waals surface area contributed by atoms with Crippen LogP contribution in [0.1, 0.15) is 21.6 Å². The van der Waals surface area contributed by atoms with Crippen molar-refractivity contribution in [3.63, 3.8) is 0 Å². The quantitative estimate of drug-likeness (QED) is 0.699. The molecule has 0 saturated carbocycles. The molecule has 1 aromatic carbocycles. The Morgan fingerprint density at radius 2 is 2.11 bits per heavy atom. The number of carbonyl (C=O) groups is 1. The Morgan fingerprint density at radius 1 is 1.30 bits per heavy atom. The summed E-state index contributed by atoms with van der Waals surface area (Å²) in [6, 6.07) is 6.83. The summed E-state index contributed by atoms with van der Waals surface area (Å²) in [5.41, 5.74) is -0.0288. The van der Waals surface area contributed by atoms with E-state index in [1.54, 1.807) is 31.2 Å². The van der Waals surface area contributed by atoms with Gasteiger partial charge in [-0.05, 0) is 42.2 Å². The fraction of sp³-hybridized carbons (Fsp3) is 0.176. The molecule has 3 aromatic rings. The van der Waals surface area contributed by atoms with Crippen molar-refractivity contribution in [2.75, 3.05) is 12.1 Å². The highest BCUT2D eigenvalue weighted by Gasteiger charge is 2.18. The molecule has 2 aromatic heterocycles. The van der Waals surface area contributed by atoms with E-state index >= 15 is 0 Å². The van der Waals surface area contributed by atoms with E-state index < -0.39 is 17.2 Å². The van der Waals surface area contributed by atoms with Gasteiger partial charge in [-0.25, -0.2) is 4.79 Å². The lowest BCUT2D eigenvalue weighted by Gasteiger charge is -2.08. The molecule has 0 spiro atoms. The first kappa shape index (κ1) is 17.0. The molecule has 0 bridgehead atoms. The van der Waals surface area contributed by atoms with Crippen molar-refractivity contribution in [2.45, 2.75) is 13.5 Å². The highest BCUT2D eigenvalue weighted by atomic mass is 32.1. The SMILES string of the molecule is Cc1cc(NC(=O)c2c[nH]c(=O)n(Cc3ccc4c(c3)OCO4)c2=O)sn1. The van der Waals surface area contributed by atoms with Crippen LogP contribution in [0.3, 0.4) is 0 Å². The molecule has 9 nitrogen and oxygen atoms in total. The second-order valence-corrected chi connectivity index (χ2v) is 6.68. The van der Waals surface area contributed by atoms with Gasteiger partial charge < -0.3 is 19.8 Å². The summed E-state index contributed by atoms with van der Waals surface area (Å²) in [7, 11) is 0. The molecule has 0 radical (unpaired) electrons. The van der Waals surface area contributed by atoms with E-state index in [-0.39, 0.29) is 18.9 Å². The summed E-state index contributed by atoms with van der Waals surface area (Å²) < 4.78 is 15.6. The van der Waals surface area contributed by atoms with Crippen LogP contribution in [-0.4, -0.2) is 26.6 Å².